The second-order valence-corrected chi connectivity index (χ2v) is 24.6. The van der Waals surface area contributed by atoms with Crippen LogP contribution in [0.1, 0.15) is 47.1 Å². The highest BCUT2D eigenvalue weighted by atomic mass is 32.2. The number of ether oxygens (including phenoxy) is 1. The van der Waals surface area contributed by atoms with Crippen molar-refractivity contribution < 1.29 is 26.8 Å². The van der Waals surface area contributed by atoms with Crippen LogP contribution in [0.2, 0.25) is 36.3 Å². The van der Waals surface area contributed by atoms with Crippen molar-refractivity contribution in [3.63, 3.8) is 0 Å². The second-order valence-electron chi connectivity index (χ2n) is 13.0. The summed E-state index contributed by atoms with van der Waals surface area (Å²) in [6.07, 6.45) is 1.76. The molecule has 3 atom stereocenters. The molecule has 1 unspecified atom stereocenters. The molecule has 2 rings (SSSR count). The number of amides is 1. The van der Waals surface area contributed by atoms with Crippen LogP contribution in [0, 0.1) is 6.92 Å². The molecule has 1 heterocycles. The smallest absolute Gasteiger partial charge is 0.253 e. The van der Waals surface area contributed by atoms with Gasteiger partial charge in [-0.15, -0.1) is 0 Å². The van der Waals surface area contributed by atoms with Crippen molar-refractivity contribution in [1.29, 1.82) is 0 Å². The first-order chi connectivity index (χ1) is 16.7. The van der Waals surface area contributed by atoms with Gasteiger partial charge in [0.1, 0.15) is 12.0 Å². The maximum absolute atomic E-state index is 13.0. The average Bonchev–Trinajstić information content (AvgIpc) is 2.75. The molecule has 0 bridgehead atoms. The molecule has 7 nitrogen and oxygen atoms in total. The molecule has 1 aromatic carbocycles. The summed E-state index contributed by atoms with van der Waals surface area (Å²) in [7, 11) is -7.88. The fourth-order valence-electron chi connectivity index (χ4n) is 3.16. The summed E-state index contributed by atoms with van der Waals surface area (Å²) in [5, 5.41) is 2.57. The molecule has 0 saturated heterocycles. The summed E-state index contributed by atoms with van der Waals surface area (Å²) in [4.78, 5) is 13.1. The molecule has 1 aliphatic rings. The Morgan fingerprint density at radius 3 is 2.00 bits per heavy atom. The van der Waals surface area contributed by atoms with E-state index >= 15 is 0 Å². The lowest BCUT2D eigenvalue weighted by molar-refractivity contribution is -0.139. The van der Waals surface area contributed by atoms with Crippen molar-refractivity contribution in [2.24, 2.45) is 0 Å². The minimum absolute atomic E-state index is 0.00421. The minimum Gasteiger partial charge on any atom is -0.414 e. The third kappa shape index (κ3) is 8.34. The zero-order valence-electron chi connectivity index (χ0n) is 24.5. The molecule has 1 aliphatic heterocycles. The summed E-state index contributed by atoms with van der Waals surface area (Å²) in [6, 6.07) is 6.56. The fraction of sp³-hybridized carbons (Fsp3) is 0.667. The summed E-state index contributed by atoms with van der Waals surface area (Å²) >= 11 is 0. The highest BCUT2D eigenvalue weighted by Crippen LogP contribution is 2.40. The summed E-state index contributed by atoms with van der Waals surface area (Å²) in [5.74, 6) is -1.01. The van der Waals surface area contributed by atoms with Crippen molar-refractivity contribution in [2.75, 3.05) is 12.5 Å². The van der Waals surface area contributed by atoms with Crippen LogP contribution in [-0.4, -0.2) is 61.8 Å². The standard InChI is InChI=1S/C27H47NO6SSi2/c1-20-12-14-21(15-13-20)35(30,31)19-28-25(29)23-17-16-22(34-37(10,11)27(5,6)7)24(33-23)18-32-36(8,9)26(2,3)4/h12-17,22-24H,18-19H2,1-11H3,(H,28,29)/t22-,23?,24+/m0/s1. The lowest BCUT2D eigenvalue weighted by Crippen LogP contribution is -2.53. The number of benzene rings is 1. The van der Waals surface area contributed by atoms with Gasteiger partial charge in [0, 0.05) is 0 Å². The number of hydrogen-bond acceptors (Lipinski definition) is 6. The van der Waals surface area contributed by atoms with Gasteiger partial charge in [0.15, 0.2) is 32.6 Å². The zero-order chi connectivity index (χ0) is 28.4. The van der Waals surface area contributed by atoms with Crippen molar-refractivity contribution in [1.82, 2.24) is 5.32 Å². The van der Waals surface area contributed by atoms with Gasteiger partial charge in [0.25, 0.3) is 5.91 Å². The summed E-state index contributed by atoms with van der Waals surface area (Å²) in [6.45, 7) is 24.0. The molecule has 0 fully saturated rings. The first-order valence-corrected chi connectivity index (χ1v) is 20.4. The molecular formula is C27H47NO6SSi2. The Morgan fingerprint density at radius 1 is 0.946 bits per heavy atom. The van der Waals surface area contributed by atoms with Gasteiger partial charge in [-0.25, -0.2) is 8.42 Å². The number of sulfone groups is 1. The average molecular weight is 570 g/mol. The normalized spacial score (nSPS) is 21.6. The van der Waals surface area contributed by atoms with Crippen molar-refractivity contribution in [2.45, 2.75) is 108 Å². The number of rotatable bonds is 9. The van der Waals surface area contributed by atoms with Gasteiger partial charge < -0.3 is 18.9 Å². The van der Waals surface area contributed by atoms with Gasteiger partial charge in [-0.3, -0.25) is 4.79 Å². The van der Waals surface area contributed by atoms with Crippen LogP contribution in [0.3, 0.4) is 0 Å². The van der Waals surface area contributed by atoms with E-state index in [-0.39, 0.29) is 21.1 Å². The number of aryl methyl sites for hydroxylation is 1. The van der Waals surface area contributed by atoms with Crippen LogP contribution < -0.4 is 5.32 Å². The van der Waals surface area contributed by atoms with E-state index in [1.54, 1.807) is 30.3 Å². The SMILES string of the molecule is Cc1ccc(S(=O)(=O)CNC(=O)C2C=C[C@H](O[Si](C)(C)C(C)(C)C)[C@@H](CO[Si](C)(C)C(C)(C)C)O2)cc1. The monoisotopic (exact) mass is 569 g/mol. The highest BCUT2D eigenvalue weighted by Gasteiger charge is 2.44. The molecule has 0 aliphatic carbocycles. The molecule has 210 valence electrons. The largest absolute Gasteiger partial charge is 0.414 e. The predicted octanol–water partition coefficient (Wildman–Crippen LogP) is 5.58. The number of nitrogens with one attached hydrogen (secondary N) is 1. The molecule has 1 N–H and O–H groups in total. The van der Waals surface area contributed by atoms with Gasteiger partial charge in [0.2, 0.25) is 0 Å². The molecular weight excluding hydrogens is 523 g/mol. The van der Waals surface area contributed by atoms with E-state index in [1.165, 1.54) is 0 Å². The van der Waals surface area contributed by atoms with Crippen LogP contribution in [0.15, 0.2) is 41.3 Å². The van der Waals surface area contributed by atoms with Gasteiger partial charge in [-0.05, 0) is 61.4 Å². The van der Waals surface area contributed by atoms with Gasteiger partial charge in [-0.2, -0.15) is 0 Å². The fourth-order valence-corrected chi connectivity index (χ4v) is 6.49. The molecule has 1 amide bonds. The number of carbonyl (C=O) groups excluding carboxylic acids is 1. The maximum Gasteiger partial charge on any atom is 0.253 e. The predicted molar refractivity (Wildman–Crippen MR) is 154 cm³/mol. The van der Waals surface area contributed by atoms with E-state index < -0.39 is 50.5 Å². The quantitative estimate of drug-likeness (QED) is 0.308. The van der Waals surface area contributed by atoms with Crippen molar-refractivity contribution in [3.05, 3.63) is 42.0 Å². The summed E-state index contributed by atoms with van der Waals surface area (Å²) < 4.78 is 44.7. The van der Waals surface area contributed by atoms with Gasteiger partial charge in [0.05, 0.1) is 17.6 Å². The molecule has 0 spiro atoms. The Kier molecular flexibility index (Phi) is 9.86. The van der Waals surface area contributed by atoms with E-state index in [0.29, 0.717) is 6.61 Å². The minimum atomic E-state index is -3.67. The van der Waals surface area contributed by atoms with E-state index in [0.717, 1.165) is 5.56 Å². The summed E-state index contributed by atoms with van der Waals surface area (Å²) in [5.41, 5.74) is 0.962. The molecule has 0 aromatic heterocycles. The van der Waals surface area contributed by atoms with E-state index in [9.17, 15) is 13.2 Å². The molecule has 10 heteroatoms. The molecule has 0 radical (unpaired) electrons. The topological polar surface area (TPSA) is 90.9 Å². The van der Waals surface area contributed by atoms with Gasteiger partial charge >= 0.3 is 0 Å². The van der Waals surface area contributed by atoms with Crippen LogP contribution in [0.4, 0.5) is 0 Å². The first kappa shape index (κ1) is 31.9. The third-order valence-corrected chi connectivity index (χ3v) is 18.4. The Labute approximate surface area is 226 Å². The molecule has 0 saturated carbocycles. The van der Waals surface area contributed by atoms with Crippen molar-refractivity contribution >= 4 is 32.4 Å². The van der Waals surface area contributed by atoms with Crippen LogP contribution in [0.25, 0.3) is 0 Å². The Bertz CT molecular complexity index is 1070. The lowest BCUT2D eigenvalue weighted by Gasteiger charge is -2.43. The third-order valence-electron chi connectivity index (χ3n) is 7.89. The first-order valence-electron chi connectivity index (χ1n) is 12.9. The number of hydrogen-bond donors (Lipinski definition) is 1. The second kappa shape index (κ2) is 11.4. The Hall–Kier alpha value is -1.31. The zero-order valence-corrected chi connectivity index (χ0v) is 27.3. The lowest BCUT2D eigenvalue weighted by atomic mass is 10.1. The van der Waals surface area contributed by atoms with E-state index in [4.69, 9.17) is 13.6 Å². The highest BCUT2D eigenvalue weighted by molar-refractivity contribution is 7.91. The van der Waals surface area contributed by atoms with Crippen LogP contribution >= 0.6 is 0 Å². The van der Waals surface area contributed by atoms with Gasteiger partial charge in [-0.1, -0.05) is 65.3 Å². The van der Waals surface area contributed by atoms with Crippen LogP contribution in [0.5, 0.6) is 0 Å². The Balaban J connectivity index is 2.19. The molecule has 37 heavy (non-hydrogen) atoms. The number of carbonyl (C=O) groups is 1. The van der Waals surface area contributed by atoms with Crippen molar-refractivity contribution in [3.8, 4) is 0 Å². The maximum atomic E-state index is 13.0. The Morgan fingerprint density at radius 2 is 1.49 bits per heavy atom. The van der Waals surface area contributed by atoms with E-state index in [1.807, 2.05) is 13.0 Å². The van der Waals surface area contributed by atoms with Crippen LogP contribution in [-0.2, 0) is 28.2 Å². The van der Waals surface area contributed by atoms with E-state index in [2.05, 4.69) is 73.0 Å². The molecule has 1 aromatic rings.